The molecule has 0 spiro atoms. The molecule has 0 radical (unpaired) electrons. The van der Waals surface area contributed by atoms with Crippen molar-refractivity contribution in [2.45, 2.75) is 30.0 Å². The second-order valence-electron chi connectivity index (χ2n) is 3.36. The number of ether oxygens (including phenoxy) is 1. The molecule has 0 saturated carbocycles. The van der Waals surface area contributed by atoms with Crippen LogP contribution in [0.25, 0.3) is 0 Å². The van der Waals surface area contributed by atoms with Crippen molar-refractivity contribution in [1.29, 1.82) is 0 Å². The van der Waals surface area contributed by atoms with E-state index in [1.807, 2.05) is 25.4 Å². The van der Waals surface area contributed by atoms with Gasteiger partial charge in [-0.2, -0.15) is 0 Å². The van der Waals surface area contributed by atoms with Gasteiger partial charge in [0, 0.05) is 29.3 Å². The van der Waals surface area contributed by atoms with Crippen molar-refractivity contribution in [3.63, 3.8) is 0 Å². The van der Waals surface area contributed by atoms with Crippen LogP contribution in [-0.2, 0) is 10.5 Å². The quantitative estimate of drug-likeness (QED) is 0.752. The first-order valence-electron chi connectivity index (χ1n) is 5.37. The van der Waals surface area contributed by atoms with Gasteiger partial charge in [-0.1, -0.05) is 11.8 Å². The van der Waals surface area contributed by atoms with Crippen LogP contribution in [0, 0.1) is 0 Å². The molecule has 0 amide bonds. The van der Waals surface area contributed by atoms with E-state index in [0.717, 1.165) is 27.4 Å². The van der Waals surface area contributed by atoms with Crippen LogP contribution in [0.15, 0.2) is 21.3 Å². The van der Waals surface area contributed by atoms with E-state index in [2.05, 4.69) is 15.3 Å². The highest BCUT2D eigenvalue weighted by molar-refractivity contribution is 8.00. The van der Waals surface area contributed by atoms with E-state index in [0.29, 0.717) is 0 Å². The summed E-state index contributed by atoms with van der Waals surface area (Å²) < 4.78 is 6.62. The van der Waals surface area contributed by atoms with Gasteiger partial charge in [0.05, 0.1) is 5.69 Å². The Hall–Kier alpha value is -0.430. The highest BCUT2D eigenvalue weighted by Gasteiger charge is 2.10. The van der Waals surface area contributed by atoms with E-state index in [9.17, 15) is 0 Å². The molecule has 0 saturated heterocycles. The van der Waals surface area contributed by atoms with Gasteiger partial charge in [0.1, 0.15) is 15.5 Å². The zero-order chi connectivity index (χ0) is 12.1. The van der Waals surface area contributed by atoms with Crippen molar-refractivity contribution in [1.82, 2.24) is 9.97 Å². The average molecular weight is 286 g/mol. The van der Waals surface area contributed by atoms with Crippen molar-refractivity contribution in [3.05, 3.63) is 27.7 Å². The lowest BCUT2D eigenvalue weighted by molar-refractivity contribution is 0.0761. The third kappa shape index (κ3) is 3.77. The minimum absolute atomic E-state index is 0.101. The number of thiazole rings is 2. The lowest BCUT2D eigenvalue weighted by Crippen LogP contribution is -1.98. The van der Waals surface area contributed by atoms with Crippen LogP contribution < -0.4 is 0 Å². The van der Waals surface area contributed by atoms with Gasteiger partial charge in [-0.05, 0) is 13.8 Å². The molecule has 2 aromatic rings. The highest BCUT2D eigenvalue weighted by atomic mass is 32.2. The summed E-state index contributed by atoms with van der Waals surface area (Å²) in [6.45, 7) is 4.77. The van der Waals surface area contributed by atoms with Crippen LogP contribution in [0.5, 0.6) is 0 Å². The second kappa shape index (κ2) is 6.49. The zero-order valence-electron chi connectivity index (χ0n) is 9.75. The first-order valence-corrected chi connectivity index (χ1v) is 8.12. The van der Waals surface area contributed by atoms with E-state index in [-0.39, 0.29) is 6.10 Å². The van der Waals surface area contributed by atoms with Crippen LogP contribution in [0.3, 0.4) is 0 Å². The predicted molar refractivity (Wildman–Crippen MR) is 73.8 cm³/mol. The molecule has 0 aliphatic rings. The lowest BCUT2D eigenvalue weighted by Gasteiger charge is -2.06. The molecule has 0 aromatic carbocycles. The third-order valence-corrected chi connectivity index (χ3v) is 5.14. The fourth-order valence-electron chi connectivity index (χ4n) is 1.31. The van der Waals surface area contributed by atoms with Crippen molar-refractivity contribution in [2.24, 2.45) is 0 Å². The average Bonchev–Trinajstić information content (AvgIpc) is 2.98. The Balaban J connectivity index is 1.89. The van der Waals surface area contributed by atoms with Crippen molar-refractivity contribution in [2.75, 3.05) is 6.61 Å². The first kappa shape index (κ1) is 13.0. The third-order valence-electron chi connectivity index (χ3n) is 2.09. The molecular formula is C11H14N2OS3. The summed E-state index contributed by atoms with van der Waals surface area (Å²) in [5.41, 5.74) is 1.11. The summed E-state index contributed by atoms with van der Waals surface area (Å²) in [5.74, 6) is 0.878. The maximum absolute atomic E-state index is 5.52. The molecule has 6 heteroatoms. The normalized spacial score (nSPS) is 12.8. The van der Waals surface area contributed by atoms with E-state index < -0.39 is 0 Å². The van der Waals surface area contributed by atoms with Crippen molar-refractivity contribution in [3.8, 4) is 0 Å². The molecule has 0 aliphatic heterocycles. The smallest absolute Gasteiger partial charge is 0.150 e. The number of hydrogen-bond acceptors (Lipinski definition) is 6. The van der Waals surface area contributed by atoms with Gasteiger partial charge in [0.15, 0.2) is 0 Å². The molecule has 2 rings (SSSR count). The summed E-state index contributed by atoms with van der Waals surface area (Å²) >= 11 is 5.06. The molecule has 1 atom stereocenters. The topological polar surface area (TPSA) is 35.0 Å². The summed E-state index contributed by atoms with van der Waals surface area (Å²) in [6, 6.07) is 0. The van der Waals surface area contributed by atoms with E-state index in [4.69, 9.17) is 4.74 Å². The van der Waals surface area contributed by atoms with Crippen LogP contribution >= 0.6 is 34.4 Å². The summed E-state index contributed by atoms with van der Waals surface area (Å²) in [5, 5.41) is 5.15. The van der Waals surface area contributed by atoms with Crippen LogP contribution in [-0.4, -0.2) is 16.6 Å². The SMILES string of the molecule is CCO[C@H](C)c1nc(CSc2nccs2)cs1. The van der Waals surface area contributed by atoms with E-state index >= 15 is 0 Å². The van der Waals surface area contributed by atoms with Gasteiger partial charge in [0.25, 0.3) is 0 Å². The molecular weight excluding hydrogens is 272 g/mol. The van der Waals surface area contributed by atoms with Crippen LogP contribution in [0.1, 0.15) is 30.7 Å². The molecule has 0 N–H and O–H groups in total. The fourth-order valence-corrected chi connectivity index (χ4v) is 3.77. The number of nitrogens with zero attached hydrogens (tertiary/aromatic N) is 2. The number of thioether (sulfide) groups is 1. The summed E-state index contributed by atoms with van der Waals surface area (Å²) in [7, 11) is 0. The summed E-state index contributed by atoms with van der Waals surface area (Å²) in [6.07, 6.45) is 1.93. The molecule has 2 heterocycles. The zero-order valence-corrected chi connectivity index (χ0v) is 12.2. The van der Waals surface area contributed by atoms with Gasteiger partial charge in [-0.15, -0.1) is 22.7 Å². The Kier molecular flexibility index (Phi) is 4.97. The molecule has 3 nitrogen and oxygen atoms in total. The molecule has 0 unspecified atom stereocenters. The largest absolute Gasteiger partial charge is 0.372 e. The number of aromatic nitrogens is 2. The van der Waals surface area contributed by atoms with Crippen LogP contribution in [0.4, 0.5) is 0 Å². The molecule has 2 aromatic heterocycles. The summed E-state index contributed by atoms with van der Waals surface area (Å²) in [4.78, 5) is 8.81. The van der Waals surface area contributed by atoms with Crippen molar-refractivity contribution < 1.29 is 4.74 Å². The second-order valence-corrected chi connectivity index (χ2v) is 6.37. The Morgan fingerprint density at radius 3 is 3.06 bits per heavy atom. The Morgan fingerprint density at radius 1 is 1.47 bits per heavy atom. The van der Waals surface area contributed by atoms with Crippen molar-refractivity contribution >= 4 is 34.4 Å². The Morgan fingerprint density at radius 2 is 2.35 bits per heavy atom. The van der Waals surface area contributed by atoms with Gasteiger partial charge in [0.2, 0.25) is 0 Å². The standard InChI is InChI=1S/C11H14N2OS3/c1-3-14-8(2)10-13-9(6-16-10)7-17-11-12-4-5-15-11/h4-6,8H,3,7H2,1-2H3/t8-/m1/s1. The molecule has 0 fully saturated rings. The minimum atomic E-state index is 0.101. The van der Waals surface area contributed by atoms with Crippen LogP contribution in [0.2, 0.25) is 0 Å². The Labute approximate surface area is 113 Å². The van der Waals surface area contributed by atoms with Gasteiger partial charge >= 0.3 is 0 Å². The maximum Gasteiger partial charge on any atom is 0.150 e. The van der Waals surface area contributed by atoms with Gasteiger partial charge in [-0.25, -0.2) is 9.97 Å². The monoisotopic (exact) mass is 286 g/mol. The first-order chi connectivity index (χ1) is 8.29. The fraction of sp³-hybridized carbons (Fsp3) is 0.455. The van der Waals surface area contributed by atoms with Gasteiger partial charge < -0.3 is 4.74 Å². The van der Waals surface area contributed by atoms with E-state index in [1.165, 1.54) is 0 Å². The minimum Gasteiger partial charge on any atom is -0.372 e. The molecule has 0 bridgehead atoms. The Bertz CT molecular complexity index is 441. The predicted octanol–water partition coefficient (Wildman–Crippen LogP) is 3.99. The molecule has 17 heavy (non-hydrogen) atoms. The number of rotatable bonds is 6. The highest BCUT2D eigenvalue weighted by Crippen LogP contribution is 2.27. The maximum atomic E-state index is 5.52. The van der Waals surface area contributed by atoms with E-state index in [1.54, 1.807) is 34.4 Å². The number of hydrogen-bond donors (Lipinski definition) is 0. The molecule has 0 aliphatic carbocycles. The molecule has 92 valence electrons. The van der Waals surface area contributed by atoms with Gasteiger partial charge in [-0.3, -0.25) is 0 Å². The lowest BCUT2D eigenvalue weighted by atomic mass is 10.4.